The number of carbonyl (C=O) groups excluding carboxylic acids is 1. The molecular weight excluding hydrogens is 222 g/mol. The van der Waals surface area contributed by atoms with Crippen molar-refractivity contribution < 1.29 is 9.90 Å². The zero-order chi connectivity index (χ0) is 11.4. The molecule has 1 amide bonds. The van der Waals surface area contributed by atoms with Crippen molar-refractivity contribution in [3.8, 4) is 5.75 Å². The van der Waals surface area contributed by atoms with Crippen LogP contribution in [-0.4, -0.2) is 22.8 Å². The fourth-order valence-electron chi connectivity index (χ4n) is 1.73. The van der Waals surface area contributed by atoms with Crippen molar-refractivity contribution in [3.63, 3.8) is 0 Å². The van der Waals surface area contributed by atoms with Gasteiger partial charge >= 0.3 is 0 Å². The molecule has 0 spiro atoms. The number of rotatable bonds is 2. The third-order valence-electron chi connectivity index (χ3n) is 2.62. The molecule has 2 N–H and O–H groups in total. The van der Waals surface area contributed by atoms with Gasteiger partial charge in [0.25, 0.3) is 0 Å². The first kappa shape index (κ1) is 11.3. The van der Waals surface area contributed by atoms with E-state index < -0.39 is 0 Å². The molecule has 0 saturated carbocycles. The summed E-state index contributed by atoms with van der Waals surface area (Å²) in [5, 5.41) is 12.5. The SMILES string of the molecule is O=C1NCCCCC1Sc1ccccc1O. The Labute approximate surface area is 99.2 Å². The number of amides is 1. The number of hydrogen-bond donors (Lipinski definition) is 2. The smallest absolute Gasteiger partial charge is 0.233 e. The third-order valence-corrected chi connectivity index (χ3v) is 3.95. The van der Waals surface area contributed by atoms with E-state index in [2.05, 4.69) is 5.32 Å². The van der Waals surface area contributed by atoms with Gasteiger partial charge in [-0.05, 0) is 25.0 Å². The Morgan fingerprint density at radius 1 is 1.31 bits per heavy atom. The molecule has 86 valence electrons. The summed E-state index contributed by atoms with van der Waals surface area (Å²) in [5.41, 5.74) is 0. The number of phenolic OH excluding ortho intramolecular Hbond substituents is 1. The van der Waals surface area contributed by atoms with Crippen molar-refractivity contribution >= 4 is 17.7 Å². The highest BCUT2D eigenvalue weighted by Crippen LogP contribution is 2.33. The van der Waals surface area contributed by atoms with Gasteiger partial charge < -0.3 is 10.4 Å². The third kappa shape index (κ3) is 2.70. The van der Waals surface area contributed by atoms with E-state index in [0.29, 0.717) is 0 Å². The first-order valence-corrected chi connectivity index (χ1v) is 6.38. The Kier molecular flexibility index (Phi) is 3.72. The number of hydrogen-bond acceptors (Lipinski definition) is 3. The summed E-state index contributed by atoms with van der Waals surface area (Å²) >= 11 is 1.45. The fourth-order valence-corrected chi connectivity index (χ4v) is 2.86. The van der Waals surface area contributed by atoms with Crippen molar-refractivity contribution in [2.24, 2.45) is 0 Å². The molecule has 1 aromatic carbocycles. The Morgan fingerprint density at radius 3 is 2.94 bits per heavy atom. The molecule has 1 aliphatic rings. The van der Waals surface area contributed by atoms with Crippen molar-refractivity contribution in [1.29, 1.82) is 0 Å². The normalized spacial score (nSPS) is 21.2. The molecule has 16 heavy (non-hydrogen) atoms. The van der Waals surface area contributed by atoms with Gasteiger partial charge in [-0.25, -0.2) is 0 Å². The van der Waals surface area contributed by atoms with Gasteiger partial charge in [0.15, 0.2) is 0 Å². The van der Waals surface area contributed by atoms with E-state index in [4.69, 9.17) is 0 Å². The molecule has 0 aromatic heterocycles. The van der Waals surface area contributed by atoms with Crippen LogP contribution in [0, 0.1) is 0 Å². The van der Waals surface area contributed by atoms with Gasteiger partial charge in [-0.3, -0.25) is 4.79 Å². The van der Waals surface area contributed by atoms with E-state index in [1.54, 1.807) is 12.1 Å². The lowest BCUT2D eigenvalue weighted by molar-refractivity contribution is -0.120. The number of carbonyl (C=O) groups is 1. The van der Waals surface area contributed by atoms with Gasteiger partial charge in [-0.1, -0.05) is 18.6 Å². The summed E-state index contributed by atoms with van der Waals surface area (Å²) in [5.74, 6) is 0.343. The van der Waals surface area contributed by atoms with E-state index in [-0.39, 0.29) is 16.9 Å². The zero-order valence-corrected chi connectivity index (χ0v) is 9.80. The van der Waals surface area contributed by atoms with Crippen LogP contribution in [0.2, 0.25) is 0 Å². The fraction of sp³-hybridized carbons (Fsp3) is 0.417. The molecule has 0 bridgehead atoms. The molecule has 1 saturated heterocycles. The molecule has 1 aliphatic heterocycles. The summed E-state index contributed by atoms with van der Waals surface area (Å²) in [6, 6.07) is 7.15. The quantitative estimate of drug-likeness (QED) is 0.828. The van der Waals surface area contributed by atoms with Crippen LogP contribution in [0.15, 0.2) is 29.2 Å². The van der Waals surface area contributed by atoms with Crippen molar-refractivity contribution in [2.75, 3.05) is 6.54 Å². The summed E-state index contributed by atoms with van der Waals surface area (Å²) in [6.07, 6.45) is 2.98. The lowest BCUT2D eigenvalue weighted by atomic mass is 10.2. The van der Waals surface area contributed by atoms with Gasteiger partial charge in [0.1, 0.15) is 5.75 Å². The Bertz CT molecular complexity index is 381. The second kappa shape index (κ2) is 5.25. The van der Waals surface area contributed by atoms with E-state index >= 15 is 0 Å². The number of benzene rings is 1. The van der Waals surface area contributed by atoms with E-state index in [9.17, 15) is 9.90 Å². The van der Waals surface area contributed by atoms with Crippen molar-refractivity contribution in [2.45, 2.75) is 29.4 Å². The molecule has 1 unspecified atom stereocenters. The van der Waals surface area contributed by atoms with E-state index in [1.807, 2.05) is 12.1 Å². The first-order valence-electron chi connectivity index (χ1n) is 5.50. The molecule has 1 heterocycles. The van der Waals surface area contributed by atoms with Gasteiger partial charge in [0.2, 0.25) is 5.91 Å². The number of nitrogens with one attached hydrogen (secondary N) is 1. The minimum Gasteiger partial charge on any atom is -0.507 e. The maximum atomic E-state index is 11.7. The van der Waals surface area contributed by atoms with Gasteiger partial charge in [-0.15, -0.1) is 11.8 Å². The molecule has 0 radical (unpaired) electrons. The topological polar surface area (TPSA) is 49.3 Å². The van der Waals surface area contributed by atoms with Crippen LogP contribution in [-0.2, 0) is 4.79 Å². The largest absolute Gasteiger partial charge is 0.507 e. The highest BCUT2D eigenvalue weighted by Gasteiger charge is 2.22. The molecule has 2 rings (SSSR count). The molecule has 3 nitrogen and oxygen atoms in total. The summed E-state index contributed by atoms with van der Waals surface area (Å²) in [4.78, 5) is 12.5. The monoisotopic (exact) mass is 237 g/mol. The number of thioether (sulfide) groups is 1. The van der Waals surface area contributed by atoms with Gasteiger partial charge in [0, 0.05) is 11.4 Å². The van der Waals surface area contributed by atoms with Crippen LogP contribution < -0.4 is 5.32 Å². The summed E-state index contributed by atoms with van der Waals surface area (Å²) in [7, 11) is 0. The van der Waals surface area contributed by atoms with Crippen LogP contribution in [0.4, 0.5) is 0 Å². The van der Waals surface area contributed by atoms with Crippen LogP contribution >= 0.6 is 11.8 Å². The van der Waals surface area contributed by atoms with E-state index in [1.165, 1.54) is 11.8 Å². The number of aromatic hydroxyl groups is 1. The average Bonchev–Trinajstić information content (AvgIpc) is 2.48. The predicted molar refractivity (Wildman–Crippen MR) is 64.6 cm³/mol. The molecule has 1 atom stereocenters. The van der Waals surface area contributed by atoms with Gasteiger partial charge in [0.05, 0.1) is 5.25 Å². The minimum atomic E-state index is -0.0733. The lowest BCUT2D eigenvalue weighted by Crippen LogP contribution is -2.30. The van der Waals surface area contributed by atoms with Gasteiger partial charge in [-0.2, -0.15) is 0 Å². The standard InChI is InChI=1S/C12H15NO2S/c14-9-5-1-2-6-10(9)16-11-7-3-4-8-13-12(11)15/h1-2,5-6,11,14H,3-4,7-8H2,(H,13,15). The molecule has 4 heteroatoms. The van der Waals surface area contributed by atoms with Crippen molar-refractivity contribution in [3.05, 3.63) is 24.3 Å². The zero-order valence-electron chi connectivity index (χ0n) is 8.98. The Hall–Kier alpha value is -1.16. The minimum absolute atomic E-state index is 0.0733. The van der Waals surface area contributed by atoms with Crippen LogP contribution in [0.25, 0.3) is 0 Å². The van der Waals surface area contributed by atoms with Crippen LogP contribution in [0.3, 0.4) is 0 Å². The predicted octanol–water partition coefficient (Wildman–Crippen LogP) is 2.15. The lowest BCUT2D eigenvalue weighted by Gasteiger charge is -2.13. The molecule has 1 fully saturated rings. The second-order valence-electron chi connectivity index (χ2n) is 3.86. The number of para-hydroxylation sites is 1. The summed E-state index contributed by atoms with van der Waals surface area (Å²) < 4.78 is 0. The van der Waals surface area contributed by atoms with E-state index in [0.717, 1.165) is 30.7 Å². The van der Waals surface area contributed by atoms with Crippen LogP contribution in [0.5, 0.6) is 5.75 Å². The van der Waals surface area contributed by atoms with Crippen LogP contribution in [0.1, 0.15) is 19.3 Å². The Balaban J connectivity index is 2.08. The highest BCUT2D eigenvalue weighted by molar-refractivity contribution is 8.00. The number of phenols is 1. The molecule has 1 aromatic rings. The first-order chi connectivity index (χ1) is 7.77. The summed E-state index contributed by atoms with van der Waals surface area (Å²) in [6.45, 7) is 0.774. The highest BCUT2D eigenvalue weighted by atomic mass is 32.2. The Morgan fingerprint density at radius 2 is 2.12 bits per heavy atom. The maximum absolute atomic E-state index is 11.7. The maximum Gasteiger partial charge on any atom is 0.233 e. The molecular formula is C12H15NO2S. The average molecular weight is 237 g/mol. The second-order valence-corrected chi connectivity index (χ2v) is 5.11. The van der Waals surface area contributed by atoms with Crippen molar-refractivity contribution in [1.82, 2.24) is 5.32 Å². The molecule has 0 aliphatic carbocycles.